The number of hydrogen-bond acceptors (Lipinski definition) is 4. The number of ether oxygens (including phenoxy) is 1. The average Bonchev–Trinajstić information content (AvgIpc) is 2.86. The van der Waals surface area contributed by atoms with E-state index in [-0.39, 0.29) is 18.6 Å². The molecule has 6 heteroatoms. The molecule has 17 heavy (non-hydrogen) atoms. The molecule has 1 aromatic rings. The van der Waals surface area contributed by atoms with E-state index in [0.717, 1.165) is 0 Å². The van der Waals surface area contributed by atoms with Gasteiger partial charge in [0.25, 0.3) is 0 Å². The fourth-order valence-corrected chi connectivity index (χ4v) is 1.54. The zero-order chi connectivity index (χ0) is 12.7. The predicted octanol–water partition coefficient (Wildman–Crippen LogP) is -0.0886. The van der Waals surface area contributed by atoms with Crippen LogP contribution in [0.4, 0.5) is 0 Å². The van der Waals surface area contributed by atoms with Crippen molar-refractivity contribution in [2.45, 2.75) is 13.0 Å². The van der Waals surface area contributed by atoms with Crippen molar-refractivity contribution in [3.8, 4) is 0 Å². The number of aliphatic hydroxyl groups excluding tert-OH is 1. The Labute approximate surface area is 101 Å². The summed E-state index contributed by atoms with van der Waals surface area (Å²) in [6.07, 6.45) is 3.38. The molecule has 1 aromatic heterocycles. The van der Waals surface area contributed by atoms with Crippen LogP contribution in [0.2, 0.25) is 0 Å². The van der Waals surface area contributed by atoms with Gasteiger partial charge < -0.3 is 14.7 Å². The molecule has 1 rings (SSSR count). The summed E-state index contributed by atoms with van der Waals surface area (Å²) in [5.41, 5.74) is 0. The Morgan fingerprint density at radius 3 is 2.88 bits per heavy atom. The third kappa shape index (κ3) is 3.83. The maximum absolute atomic E-state index is 12.1. The molecular weight excluding hydrogens is 222 g/mol. The number of carbonyl (C=O) groups is 1. The van der Waals surface area contributed by atoms with Gasteiger partial charge in [0.05, 0.1) is 13.2 Å². The molecule has 96 valence electrons. The molecule has 0 aliphatic carbocycles. The summed E-state index contributed by atoms with van der Waals surface area (Å²) in [5.74, 6) is -0.0696. The zero-order valence-corrected chi connectivity index (χ0v) is 10.2. The zero-order valence-electron chi connectivity index (χ0n) is 10.2. The van der Waals surface area contributed by atoms with Crippen LogP contribution in [0.25, 0.3) is 0 Å². The third-order valence-corrected chi connectivity index (χ3v) is 2.53. The quantitative estimate of drug-likeness (QED) is 0.724. The van der Waals surface area contributed by atoms with Crippen LogP contribution in [0.3, 0.4) is 0 Å². The molecule has 0 aromatic carbocycles. The van der Waals surface area contributed by atoms with Gasteiger partial charge in [0.1, 0.15) is 6.04 Å². The first-order valence-corrected chi connectivity index (χ1v) is 5.58. The first-order chi connectivity index (χ1) is 8.20. The smallest absolute Gasteiger partial charge is 0.247 e. The van der Waals surface area contributed by atoms with Gasteiger partial charge in [0, 0.05) is 32.6 Å². The van der Waals surface area contributed by atoms with E-state index in [9.17, 15) is 4.79 Å². The van der Waals surface area contributed by atoms with E-state index in [1.54, 1.807) is 42.1 Å². The highest BCUT2D eigenvalue weighted by Gasteiger charge is 2.21. The highest BCUT2D eigenvalue weighted by Crippen LogP contribution is 2.08. The Kier molecular flexibility index (Phi) is 5.65. The van der Waals surface area contributed by atoms with Gasteiger partial charge in [-0.15, -0.1) is 0 Å². The summed E-state index contributed by atoms with van der Waals surface area (Å²) in [6, 6.07) is 1.41. The number of methoxy groups -OCH3 is 1. The minimum absolute atomic E-state index is 0.0543. The second kappa shape index (κ2) is 7.03. The summed E-state index contributed by atoms with van der Waals surface area (Å²) < 4.78 is 6.54. The molecule has 0 aliphatic heterocycles. The number of aromatic nitrogens is 2. The van der Waals surface area contributed by atoms with Crippen molar-refractivity contribution in [2.24, 2.45) is 0 Å². The first-order valence-electron chi connectivity index (χ1n) is 5.58. The normalized spacial score (nSPS) is 12.4. The lowest BCUT2D eigenvalue weighted by atomic mass is 10.3. The lowest BCUT2D eigenvalue weighted by Gasteiger charge is -2.24. The van der Waals surface area contributed by atoms with Crippen molar-refractivity contribution >= 4 is 5.91 Å². The topological polar surface area (TPSA) is 67.6 Å². The van der Waals surface area contributed by atoms with Crippen molar-refractivity contribution in [3.63, 3.8) is 0 Å². The van der Waals surface area contributed by atoms with Crippen molar-refractivity contribution in [2.75, 3.05) is 33.4 Å². The fourth-order valence-electron chi connectivity index (χ4n) is 1.54. The van der Waals surface area contributed by atoms with Crippen molar-refractivity contribution in [1.29, 1.82) is 0 Å². The number of carbonyl (C=O) groups excluding carboxylic acids is 1. The van der Waals surface area contributed by atoms with Crippen LogP contribution in [0.5, 0.6) is 0 Å². The van der Waals surface area contributed by atoms with Crippen LogP contribution < -0.4 is 0 Å². The van der Waals surface area contributed by atoms with Crippen LogP contribution in [0.1, 0.15) is 13.0 Å². The Morgan fingerprint density at radius 1 is 1.59 bits per heavy atom. The van der Waals surface area contributed by atoms with E-state index < -0.39 is 0 Å². The average molecular weight is 241 g/mol. The monoisotopic (exact) mass is 241 g/mol. The summed E-state index contributed by atoms with van der Waals surface area (Å²) in [6.45, 7) is 2.97. The second-order valence-corrected chi connectivity index (χ2v) is 3.70. The van der Waals surface area contributed by atoms with Gasteiger partial charge in [0.2, 0.25) is 5.91 Å². The SMILES string of the molecule is COCCN(CCO)C(=O)C(C)n1cccn1. The molecule has 1 atom stereocenters. The van der Waals surface area contributed by atoms with Crippen LogP contribution in [-0.2, 0) is 9.53 Å². The molecule has 6 nitrogen and oxygen atoms in total. The predicted molar refractivity (Wildman–Crippen MR) is 62.5 cm³/mol. The van der Waals surface area contributed by atoms with Crippen LogP contribution >= 0.6 is 0 Å². The van der Waals surface area contributed by atoms with Gasteiger partial charge in [0.15, 0.2) is 0 Å². The summed E-state index contributed by atoms with van der Waals surface area (Å²) >= 11 is 0. The summed E-state index contributed by atoms with van der Waals surface area (Å²) in [5, 5.41) is 13.0. The number of rotatable bonds is 7. The number of nitrogens with zero attached hydrogens (tertiary/aromatic N) is 3. The maximum Gasteiger partial charge on any atom is 0.247 e. The third-order valence-electron chi connectivity index (χ3n) is 2.53. The van der Waals surface area contributed by atoms with E-state index in [2.05, 4.69) is 5.10 Å². The lowest BCUT2D eigenvalue weighted by molar-refractivity contribution is -0.135. The second-order valence-electron chi connectivity index (χ2n) is 3.70. The molecule has 0 saturated heterocycles. The molecule has 0 spiro atoms. The number of amides is 1. The van der Waals surface area contributed by atoms with Gasteiger partial charge in [-0.3, -0.25) is 9.48 Å². The van der Waals surface area contributed by atoms with E-state index in [0.29, 0.717) is 19.7 Å². The molecule has 1 N–H and O–H groups in total. The maximum atomic E-state index is 12.1. The molecule has 1 heterocycles. The highest BCUT2D eigenvalue weighted by atomic mass is 16.5. The highest BCUT2D eigenvalue weighted by molar-refractivity contribution is 5.79. The van der Waals surface area contributed by atoms with E-state index >= 15 is 0 Å². The molecule has 0 radical (unpaired) electrons. The molecular formula is C11H19N3O3. The summed E-state index contributed by atoms with van der Waals surface area (Å²) in [7, 11) is 1.58. The lowest BCUT2D eigenvalue weighted by Crippen LogP contribution is -2.40. The Hall–Kier alpha value is -1.40. The van der Waals surface area contributed by atoms with Crippen molar-refractivity contribution < 1.29 is 14.6 Å². The van der Waals surface area contributed by atoms with Crippen LogP contribution in [0, 0.1) is 0 Å². The van der Waals surface area contributed by atoms with Gasteiger partial charge in [-0.2, -0.15) is 5.10 Å². The molecule has 0 saturated carbocycles. The van der Waals surface area contributed by atoms with Gasteiger partial charge in [-0.05, 0) is 13.0 Å². The molecule has 0 aliphatic rings. The Bertz CT molecular complexity index is 327. The fraction of sp³-hybridized carbons (Fsp3) is 0.636. The van der Waals surface area contributed by atoms with Gasteiger partial charge in [-0.25, -0.2) is 0 Å². The molecule has 1 unspecified atom stereocenters. The minimum atomic E-state index is -0.367. The summed E-state index contributed by atoms with van der Waals surface area (Å²) in [4.78, 5) is 13.7. The molecule has 0 fully saturated rings. The van der Waals surface area contributed by atoms with Gasteiger partial charge >= 0.3 is 0 Å². The van der Waals surface area contributed by atoms with Crippen LogP contribution in [0.15, 0.2) is 18.5 Å². The van der Waals surface area contributed by atoms with Crippen LogP contribution in [-0.4, -0.2) is 59.1 Å². The van der Waals surface area contributed by atoms with Gasteiger partial charge in [-0.1, -0.05) is 0 Å². The first kappa shape index (κ1) is 13.7. The van der Waals surface area contributed by atoms with E-state index in [1.165, 1.54) is 0 Å². The number of aliphatic hydroxyl groups is 1. The Morgan fingerprint density at radius 2 is 2.35 bits per heavy atom. The number of hydrogen-bond donors (Lipinski definition) is 1. The largest absolute Gasteiger partial charge is 0.395 e. The van der Waals surface area contributed by atoms with Crippen molar-refractivity contribution in [1.82, 2.24) is 14.7 Å². The Balaban J connectivity index is 2.63. The molecule has 0 bridgehead atoms. The van der Waals surface area contributed by atoms with E-state index in [4.69, 9.17) is 9.84 Å². The minimum Gasteiger partial charge on any atom is -0.395 e. The molecule has 1 amide bonds. The van der Waals surface area contributed by atoms with Crippen molar-refractivity contribution in [3.05, 3.63) is 18.5 Å². The van der Waals surface area contributed by atoms with E-state index in [1.807, 2.05) is 0 Å². The standard InChI is InChI=1S/C11H19N3O3/c1-10(14-5-3-4-12-14)11(16)13(6-8-15)7-9-17-2/h3-5,10,15H,6-9H2,1-2H3.